The van der Waals surface area contributed by atoms with Gasteiger partial charge in [0.25, 0.3) is 0 Å². The number of hydrogen-bond acceptors (Lipinski definition) is 0. The normalized spacial score (nSPS) is 25.4. The van der Waals surface area contributed by atoms with Crippen molar-refractivity contribution >= 4 is 17.2 Å². The van der Waals surface area contributed by atoms with Gasteiger partial charge in [-0.25, -0.2) is 0 Å². The Bertz CT molecular complexity index is 1660. The van der Waals surface area contributed by atoms with Crippen LogP contribution in [0.25, 0.3) is 28.3 Å². The molecule has 1 unspecified atom stereocenters. The maximum absolute atomic E-state index is 4.30. The van der Waals surface area contributed by atoms with E-state index >= 15 is 0 Å². The molecule has 0 aliphatic heterocycles. The summed E-state index contributed by atoms with van der Waals surface area (Å²) in [6.07, 6.45) is 17.0. The zero-order valence-corrected chi connectivity index (χ0v) is 28.8. The van der Waals surface area contributed by atoms with Crippen LogP contribution in [0.1, 0.15) is 123 Å². The predicted molar refractivity (Wildman–Crippen MR) is 195 cm³/mol. The van der Waals surface area contributed by atoms with Gasteiger partial charge in [0, 0.05) is 5.92 Å². The van der Waals surface area contributed by atoms with Crippen LogP contribution in [0, 0.1) is 43.4 Å². The zero-order chi connectivity index (χ0) is 31.4. The largest absolute Gasteiger partial charge is 0.0998 e. The molecule has 0 heteroatoms. The average Bonchev–Trinajstić information content (AvgIpc) is 3.58. The lowest BCUT2D eigenvalue weighted by atomic mass is 9.60. The van der Waals surface area contributed by atoms with Crippen molar-refractivity contribution < 1.29 is 0 Å². The van der Waals surface area contributed by atoms with Crippen LogP contribution in [0.5, 0.6) is 0 Å². The van der Waals surface area contributed by atoms with Gasteiger partial charge in [-0.3, -0.25) is 0 Å². The van der Waals surface area contributed by atoms with Crippen molar-refractivity contribution in [3.05, 3.63) is 111 Å². The van der Waals surface area contributed by atoms with Crippen molar-refractivity contribution in [1.82, 2.24) is 0 Å². The molecule has 0 radical (unpaired) electrons. The monoisotopic (exact) mass is 594 g/mol. The van der Waals surface area contributed by atoms with Gasteiger partial charge in [0.2, 0.25) is 0 Å². The van der Waals surface area contributed by atoms with Crippen molar-refractivity contribution in [2.45, 2.75) is 105 Å². The molecule has 0 spiro atoms. The van der Waals surface area contributed by atoms with Crippen LogP contribution in [-0.4, -0.2) is 0 Å². The van der Waals surface area contributed by atoms with Crippen molar-refractivity contribution in [2.24, 2.45) is 29.6 Å². The summed E-state index contributed by atoms with van der Waals surface area (Å²) in [5.74, 6) is 5.18. The maximum atomic E-state index is 4.30. The van der Waals surface area contributed by atoms with Crippen LogP contribution in [0.2, 0.25) is 0 Å². The molecule has 4 aliphatic carbocycles. The number of benzene rings is 3. The Balaban J connectivity index is 1.16. The lowest BCUT2D eigenvalue weighted by Gasteiger charge is -2.45. The van der Waals surface area contributed by atoms with Crippen LogP contribution < -0.4 is 0 Å². The summed E-state index contributed by atoms with van der Waals surface area (Å²) in [5, 5.41) is 0. The third-order valence-electron chi connectivity index (χ3n) is 12.3. The summed E-state index contributed by atoms with van der Waals surface area (Å²) in [5.41, 5.74) is 18.8. The van der Waals surface area contributed by atoms with E-state index in [4.69, 9.17) is 0 Å². The highest BCUT2D eigenvalue weighted by molar-refractivity contribution is 5.94. The summed E-state index contributed by atoms with van der Waals surface area (Å²) >= 11 is 0. The van der Waals surface area contributed by atoms with Crippen molar-refractivity contribution in [3.8, 4) is 11.1 Å². The Morgan fingerprint density at radius 3 is 2.27 bits per heavy atom. The number of allylic oxidation sites excluding steroid dienone is 4. The number of hydrogen-bond donors (Lipinski definition) is 0. The van der Waals surface area contributed by atoms with E-state index in [0.29, 0.717) is 5.92 Å². The minimum atomic E-state index is 0.579. The van der Waals surface area contributed by atoms with Crippen LogP contribution in [-0.2, 0) is 12.8 Å². The molecular weight excluding hydrogens is 540 g/mol. The molecule has 4 aliphatic rings. The molecule has 0 bridgehead atoms. The van der Waals surface area contributed by atoms with Crippen LogP contribution in [0.15, 0.2) is 66.8 Å². The van der Waals surface area contributed by atoms with E-state index in [2.05, 4.69) is 109 Å². The van der Waals surface area contributed by atoms with E-state index in [-0.39, 0.29) is 0 Å². The van der Waals surface area contributed by atoms with Gasteiger partial charge in [-0.1, -0.05) is 93.1 Å². The number of fused-ring (bicyclic) bond motifs is 2. The first-order valence-electron chi connectivity index (χ1n) is 18.1. The summed E-state index contributed by atoms with van der Waals surface area (Å²) in [6, 6.07) is 19.1. The Morgan fingerprint density at radius 2 is 1.60 bits per heavy atom. The van der Waals surface area contributed by atoms with Gasteiger partial charge in [0.05, 0.1) is 0 Å². The van der Waals surface area contributed by atoms with Crippen molar-refractivity contribution in [1.29, 1.82) is 0 Å². The van der Waals surface area contributed by atoms with E-state index in [0.717, 1.165) is 42.4 Å². The van der Waals surface area contributed by atoms with Gasteiger partial charge in [0.1, 0.15) is 0 Å². The molecule has 2 saturated carbocycles. The topological polar surface area (TPSA) is 0 Å². The molecule has 2 fully saturated rings. The molecule has 3 aromatic rings. The first-order valence-corrected chi connectivity index (χ1v) is 18.1. The van der Waals surface area contributed by atoms with Gasteiger partial charge in [-0.15, -0.1) is 0 Å². The molecule has 0 nitrogen and oxygen atoms in total. The highest BCUT2D eigenvalue weighted by atomic mass is 14.4. The minimum Gasteiger partial charge on any atom is -0.0998 e. The Morgan fingerprint density at radius 1 is 0.889 bits per heavy atom. The smallest absolute Gasteiger partial charge is 0.00275 e. The third-order valence-corrected chi connectivity index (χ3v) is 12.3. The van der Waals surface area contributed by atoms with E-state index in [1.165, 1.54) is 101 Å². The summed E-state index contributed by atoms with van der Waals surface area (Å²) in [7, 11) is 0. The van der Waals surface area contributed by atoms with Crippen molar-refractivity contribution in [2.75, 3.05) is 0 Å². The lowest BCUT2D eigenvalue weighted by molar-refractivity contribution is 0.0646. The molecular formula is C45H54. The van der Waals surface area contributed by atoms with E-state index < -0.39 is 0 Å². The molecule has 0 N–H and O–H groups in total. The van der Waals surface area contributed by atoms with Gasteiger partial charge >= 0.3 is 0 Å². The van der Waals surface area contributed by atoms with Crippen LogP contribution in [0.3, 0.4) is 0 Å². The van der Waals surface area contributed by atoms with Crippen LogP contribution in [0.4, 0.5) is 0 Å². The standard InChI is InChI=1S/C45H54/c1-8-31-24-42(33-15-13-32(14-16-33)37-21-36(22-37)28(4)5)44-25-35(17-18-40(31)44)38-23-39-20-30(7)41(19-27(2)3)45(43(39)26-38)34-11-9-29(6)10-12-34/h9-12,17-18,20,23-25,28,31-33,36-37H,2,8,13-16,19,21-22,26H2,1,3-7H3. The molecule has 0 saturated heterocycles. The SMILES string of the molecule is C=C(C)Cc1c(C)cc2c(c1-c1ccc(C)cc1)CC(c1ccc3c(c1)C(C1CCC(C4CC(C(C)C)C4)CC1)=CC3CC)=C2. The molecule has 7 rings (SSSR count). The van der Waals surface area contributed by atoms with Crippen molar-refractivity contribution in [3.63, 3.8) is 0 Å². The summed E-state index contributed by atoms with van der Waals surface area (Å²) in [6.45, 7) is 18.2. The maximum Gasteiger partial charge on any atom is 0.00275 e. The number of aryl methyl sites for hydroxylation is 2. The fourth-order valence-electron chi connectivity index (χ4n) is 9.42. The Kier molecular flexibility index (Phi) is 8.30. The molecule has 0 heterocycles. The second kappa shape index (κ2) is 12.2. The highest BCUT2D eigenvalue weighted by Gasteiger charge is 2.39. The number of rotatable bonds is 8. The van der Waals surface area contributed by atoms with E-state index in [9.17, 15) is 0 Å². The summed E-state index contributed by atoms with van der Waals surface area (Å²) < 4.78 is 0. The third kappa shape index (κ3) is 5.73. The summed E-state index contributed by atoms with van der Waals surface area (Å²) in [4.78, 5) is 0. The first-order chi connectivity index (χ1) is 21.7. The zero-order valence-electron chi connectivity index (χ0n) is 28.8. The van der Waals surface area contributed by atoms with Gasteiger partial charge in [-0.05, 0) is 175 Å². The highest BCUT2D eigenvalue weighted by Crippen LogP contribution is 2.52. The van der Waals surface area contributed by atoms with E-state index in [1.54, 1.807) is 16.7 Å². The molecule has 3 aromatic carbocycles. The molecule has 1 atom stereocenters. The second-order valence-corrected chi connectivity index (χ2v) is 15.7. The average molecular weight is 595 g/mol. The predicted octanol–water partition coefficient (Wildman–Crippen LogP) is 12.6. The molecule has 234 valence electrons. The van der Waals surface area contributed by atoms with Gasteiger partial charge in [-0.2, -0.15) is 0 Å². The quantitative estimate of drug-likeness (QED) is 0.228. The van der Waals surface area contributed by atoms with Gasteiger partial charge < -0.3 is 0 Å². The Hall–Kier alpha value is -3.12. The fraction of sp³-hybridized carbons (Fsp3) is 0.467. The molecule has 0 aromatic heterocycles. The van der Waals surface area contributed by atoms with Crippen LogP contribution >= 0.6 is 0 Å². The first kappa shape index (κ1) is 30.5. The van der Waals surface area contributed by atoms with Gasteiger partial charge in [0.15, 0.2) is 0 Å². The molecule has 0 amide bonds. The lowest BCUT2D eigenvalue weighted by Crippen LogP contribution is -2.34. The Labute approximate surface area is 273 Å². The minimum absolute atomic E-state index is 0.579. The fourth-order valence-corrected chi connectivity index (χ4v) is 9.42. The van der Waals surface area contributed by atoms with E-state index in [1.807, 2.05) is 0 Å². The second-order valence-electron chi connectivity index (χ2n) is 15.7. The molecule has 45 heavy (non-hydrogen) atoms.